The van der Waals surface area contributed by atoms with E-state index in [-0.39, 0.29) is 24.0 Å². The third kappa shape index (κ3) is 8.00. The Hall–Kier alpha value is -1.72. The van der Waals surface area contributed by atoms with Gasteiger partial charge in [0.25, 0.3) is 0 Å². The molecule has 9 heteroatoms. The van der Waals surface area contributed by atoms with Gasteiger partial charge in [-0.3, -0.25) is 4.99 Å². The van der Waals surface area contributed by atoms with Crippen LogP contribution < -0.4 is 20.1 Å². The molecule has 2 aromatic rings. The molecule has 0 aliphatic carbocycles. The number of benzene rings is 1. The minimum absolute atomic E-state index is 0. The van der Waals surface area contributed by atoms with Crippen LogP contribution >= 0.6 is 24.0 Å². The fourth-order valence-corrected chi connectivity index (χ4v) is 3.74. The third-order valence-corrected chi connectivity index (χ3v) is 5.46. The summed E-state index contributed by atoms with van der Waals surface area (Å²) < 4.78 is 22.1. The van der Waals surface area contributed by atoms with E-state index in [4.69, 9.17) is 18.9 Å². The number of halogens is 1. The molecular formula is C23H37IN4O4. The molecule has 0 radical (unpaired) electrons. The van der Waals surface area contributed by atoms with Crippen LogP contribution in [0.15, 0.2) is 23.2 Å². The number of hydrogen-bond donors (Lipinski definition) is 3. The lowest BCUT2D eigenvalue weighted by Crippen LogP contribution is -2.38. The van der Waals surface area contributed by atoms with Gasteiger partial charge in [0.15, 0.2) is 5.96 Å². The van der Waals surface area contributed by atoms with Crippen LogP contribution in [0.25, 0.3) is 10.9 Å². The number of aromatic nitrogens is 1. The first-order valence-electron chi connectivity index (χ1n) is 11.1. The van der Waals surface area contributed by atoms with Gasteiger partial charge in [-0.2, -0.15) is 0 Å². The van der Waals surface area contributed by atoms with E-state index >= 15 is 0 Å². The first-order chi connectivity index (χ1) is 15.2. The monoisotopic (exact) mass is 560 g/mol. The van der Waals surface area contributed by atoms with Gasteiger partial charge in [0, 0.05) is 63.2 Å². The molecule has 3 N–H and O–H groups in total. The molecule has 0 saturated carbocycles. The number of ether oxygens (including phenoxy) is 4. The van der Waals surface area contributed by atoms with Crippen LogP contribution in [-0.2, 0) is 15.9 Å². The number of fused-ring (bicyclic) bond motifs is 1. The largest absolute Gasteiger partial charge is 0.497 e. The summed E-state index contributed by atoms with van der Waals surface area (Å²) in [5.74, 6) is 2.43. The first-order valence-corrected chi connectivity index (χ1v) is 11.1. The minimum Gasteiger partial charge on any atom is -0.497 e. The van der Waals surface area contributed by atoms with Crippen molar-refractivity contribution in [3.8, 4) is 11.5 Å². The zero-order valence-electron chi connectivity index (χ0n) is 19.4. The zero-order chi connectivity index (χ0) is 21.9. The maximum absolute atomic E-state index is 5.90. The second-order valence-electron chi connectivity index (χ2n) is 7.65. The number of guanidine groups is 1. The van der Waals surface area contributed by atoms with E-state index in [1.807, 2.05) is 12.1 Å². The smallest absolute Gasteiger partial charge is 0.190 e. The molecule has 1 aromatic heterocycles. The molecule has 180 valence electrons. The van der Waals surface area contributed by atoms with E-state index in [0.717, 1.165) is 93.4 Å². The number of nitrogens with one attached hydrogen (secondary N) is 3. The maximum Gasteiger partial charge on any atom is 0.190 e. The topological polar surface area (TPSA) is 89.1 Å². The Balaban J connectivity index is 0.00000363. The van der Waals surface area contributed by atoms with Crippen molar-refractivity contribution in [2.75, 3.05) is 54.2 Å². The fourth-order valence-electron chi connectivity index (χ4n) is 3.74. The van der Waals surface area contributed by atoms with Gasteiger partial charge in [0.05, 0.1) is 25.8 Å². The lowest BCUT2D eigenvalue weighted by molar-refractivity contribution is -0.0320. The van der Waals surface area contributed by atoms with Crippen molar-refractivity contribution in [3.05, 3.63) is 23.9 Å². The van der Waals surface area contributed by atoms with Crippen LogP contribution in [-0.4, -0.2) is 71.2 Å². The van der Waals surface area contributed by atoms with Crippen molar-refractivity contribution in [2.24, 2.45) is 4.99 Å². The van der Waals surface area contributed by atoms with Gasteiger partial charge in [-0.25, -0.2) is 0 Å². The van der Waals surface area contributed by atoms with Crippen LogP contribution in [0.1, 0.15) is 31.4 Å². The first kappa shape index (κ1) is 26.5. The van der Waals surface area contributed by atoms with Crippen molar-refractivity contribution in [1.29, 1.82) is 0 Å². The Morgan fingerprint density at radius 2 is 1.84 bits per heavy atom. The van der Waals surface area contributed by atoms with E-state index in [9.17, 15) is 0 Å². The highest BCUT2D eigenvalue weighted by atomic mass is 127. The predicted molar refractivity (Wildman–Crippen MR) is 139 cm³/mol. The zero-order valence-corrected chi connectivity index (χ0v) is 21.7. The molecule has 3 rings (SSSR count). The number of aromatic amines is 1. The Morgan fingerprint density at radius 3 is 2.53 bits per heavy atom. The number of nitrogens with zero attached hydrogens (tertiary/aromatic N) is 1. The van der Waals surface area contributed by atoms with Gasteiger partial charge in [0.2, 0.25) is 0 Å². The number of rotatable bonds is 11. The molecule has 0 atom stereocenters. The molecule has 8 nitrogen and oxygen atoms in total. The predicted octanol–water partition coefficient (Wildman–Crippen LogP) is 3.49. The third-order valence-electron chi connectivity index (χ3n) is 5.46. The van der Waals surface area contributed by atoms with Crippen LogP contribution in [0.4, 0.5) is 0 Å². The highest BCUT2D eigenvalue weighted by Gasteiger charge is 2.13. The van der Waals surface area contributed by atoms with Crippen LogP contribution in [0.2, 0.25) is 0 Å². The molecule has 1 saturated heterocycles. The summed E-state index contributed by atoms with van der Waals surface area (Å²) in [5.41, 5.74) is 2.20. The second kappa shape index (κ2) is 14.4. The number of aryl methyl sites for hydroxylation is 1. The van der Waals surface area contributed by atoms with Gasteiger partial charge >= 0.3 is 0 Å². The molecule has 0 amide bonds. The standard InChI is InChI=1S/C23H36N4O4.HI/c1-24-23(26-10-5-11-31-18-7-12-30-13-8-18)25-9-4-6-17-14-20-21(27-17)15-19(28-2)16-22(20)29-3;/h14-16,18,27H,4-13H2,1-3H3,(H2,24,25,26);1H. The summed E-state index contributed by atoms with van der Waals surface area (Å²) >= 11 is 0. The SMILES string of the molecule is CN=C(NCCCOC1CCOCC1)NCCCc1cc2c(OC)cc(OC)cc2[nH]1.I. The molecule has 1 aliphatic heterocycles. The van der Waals surface area contributed by atoms with Crippen molar-refractivity contribution < 1.29 is 18.9 Å². The summed E-state index contributed by atoms with van der Waals surface area (Å²) in [7, 11) is 5.14. The highest BCUT2D eigenvalue weighted by Crippen LogP contribution is 2.31. The van der Waals surface area contributed by atoms with Crippen molar-refractivity contribution in [1.82, 2.24) is 15.6 Å². The summed E-state index contributed by atoms with van der Waals surface area (Å²) in [6.07, 6.45) is 5.25. The average molecular weight is 560 g/mol. The lowest BCUT2D eigenvalue weighted by atomic mass is 10.1. The van der Waals surface area contributed by atoms with Gasteiger partial charge in [-0.15, -0.1) is 24.0 Å². The van der Waals surface area contributed by atoms with Gasteiger partial charge in [-0.05, 0) is 38.2 Å². The highest BCUT2D eigenvalue weighted by molar-refractivity contribution is 14.0. The number of hydrogen-bond acceptors (Lipinski definition) is 5. The quantitative estimate of drug-likeness (QED) is 0.169. The van der Waals surface area contributed by atoms with E-state index in [1.165, 1.54) is 5.69 Å². The molecule has 0 bridgehead atoms. The second-order valence-corrected chi connectivity index (χ2v) is 7.65. The number of aliphatic imine (C=N–C) groups is 1. The summed E-state index contributed by atoms with van der Waals surface area (Å²) in [6.45, 7) is 4.09. The van der Waals surface area contributed by atoms with E-state index in [1.54, 1.807) is 21.3 Å². The lowest BCUT2D eigenvalue weighted by Gasteiger charge is -2.22. The van der Waals surface area contributed by atoms with Gasteiger partial charge in [-0.1, -0.05) is 0 Å². The van der Waals surface area contributed by atoms with Crippen molar-refractivity contribution in [3.63, 3.8) is 0 Å². The van der Waals surface area contributed by atoms with E-state index in [0.29, 0.717) is 6.10 Å². The minimum atomic E-state index is 0. The Bertz CT molecular complexity index is 837. The van der Waals surface area contributed by atoms with E-state index in [2.05, 4.69) is 26.7 Å². The molecule has 1 aromatic carbocycles. The molecule has 1 fully saturated rings. The van der Waals surface area contributed by atoms with Gasteiger partial charge < -0.3 is 34.6 Å². The number of methoxy groups -OCH3 is 2. The summed E-state index contributed by atoms with van der Waals surface area (Å²) in [5, 5.41) is 7.80. The molecule has 0 spiro atoms. The van der Waals surface area contributed by atoms with Gasteiger partial charge in [0.1, 0.15) is 11.5 Å². The average Bonchev–Trinajstić information content (AvgIpc) is 3.23. The maximum atomic E-state index is 5.90. The summed E-state index contributed by atoms with van der Waals surface area (Å²) in [6, 6.07) is 6.06. The summed E-state index contributed by atoms with van der Waals surface area (Å²) in [4.78, 5) is 7.76. The molecular weight excluding hydrogens is 523 g/mol. The van der Waals surface area contributed by atoms with Crippen molar-refractivity contribution >= 4 is 40.8 Å². The Morgan fingerprint density at radius 1 is 1.09 bits per heavy atom. The Labute approximate surface area is 207 Å². The fraction of sp³-hybridized carbons (Fsp3) is 0.609. The van der Waals surface area contributed by atoms with Crippen LogP contribution in [0, 0.1) is 0 Å². The number of H-pyrrole nitrogens is 1. The molecule has 0 unspecified atom stereocenters. The van der Waals surface area contributed by atoms with Crippen LogP contribution in [0.5, 0.6) is 11.5 Å². The van der Waals surface area contributed by atoms with E-state index < -0.39 is 0 Å². The molecule has 1 aliphatic rings. The van der Waals surface area contributed by atoms with Crippen molar-refractivity contribution in [2.45, 2.75) is 38.2 Å². The molecule has 2 heterocycles. The Kier molecular flexibility index (Phi) is 12.0. The molecule has 32 heavy (non-hydrogen) atoms. The normalized spacial score (nSPS) is 14.8. The van der Waals surface area contributed by atoms with Crippen LogP contribution in [0.3, 0.4) is 0 Å².